The highest BCUT2D eigenvalue weighted by Gasteiger charge is 2.25. The van der Waals surface area contributed by atoms with Crippen LogP contribution in [0.15, 0.2) is 12.1 Å². The summed E-state index contributed by atoms with van der Waals surface area (Å²) in [5.41, 5.74) is 6.72. The molecule has 3 N–H and O–H groups in total. The van der Waals surface area contributed by atoms with Crippen LogP contribution >= 0.6 is 0 Å². The van der Waals surface area contributed by atoms with Gasteiger partial charge in [0.05, 0.1) is 20.3 Å². The van der Waals surface area contributed by atoms with E-state index < -0.39 is 0 Å². The van der Waals surface area contributed by atoms with Crippen molar-refractivity contribution in [2.24, 2.45) is 0 Å². The first-order chi connectivity index (χ1) is 11.5. The van der Waals surface area contributed by atoms with E-state index in [1.165, 1.54) is 14.2 Å². The van der Waals surface area contributed by atoms with E-state index in [1.54, 1.807) is 12.1 Å². The van der Waals surface area contributed by atoms with Crippen LogP contribution in [0.1, 0.15) is 17.3 Å². The summed E-state index contributed by atoms with van der Waals surface area (Å²) in [6.07, 6.45) is 0. The summed E-state index contributed by atoms with van der Waals surface area (Å²) < 4.78 is 10.6. The summed E-state index contributed by atoms with van der Waals surface area (Å²) in [5.74, 6) is 0.619. The number of hydrogen-bond donors (Lipinski definition) is 2. The second-order valence-corrected chi connectivity index (χ2v) is 6.09. The van der Waals surface area contributed by atoms with Crippen LogP contribution in [0.2, 0.25) is 0 Å². The van der Waals surface area contributed by atoms with E-state index in [2.05, 4.69) is 29.1 Å². The van der Waals surface area contributed by atoms with Crippen LogP contribution in [0.3, 0.4) is 0 Å². The maximum absolute atomic E-state index is 12.8. The number of ether oxygens (including phenoxy) is 2. The molecule has 7 nitrogen and oxygen atoms in total. The average Bonchev–Trinajstić information content (AvgIpc) is 2.74. The van der Waals surface area contributed by atoms with Gasteiger partial charge in [0.15, 0.2) is 11.5 Å². The fourth-order valence-corrected chi connectivity index (χ4v) is 3.05. The van der Waals surface area contributed by atoms with Crippen molar-refractivity contribution in [1.82, 2.24) is 15.1 Å². The molecule has 0 radical (unpaired) electrons. The predicted molar refractivity (Wildman–Crippen MR) is 94.8 cm³/mol. The van der Waals surface area contributed by atoms with Crippen LogP contribution in [0.25, 0.3) is 0 Å². The molecule has 1 aliphatic heterocycles. The van der Waals surface area contributed by atoms with Crippen molar-refractivity contribution < 1.29 is 14.3 Å². The molecule has 0 saturated carbocycles. The molecule has 0 spiro atoms. The van der Waals surface area contributed by atoms with Gasteiger partial charge in [0.25, 0.3) is 5.91 Å². The third-order valence-corrected chi connectivity index (χ3v) is 4.40. The largest absolute Gasteiger partial charge is 0.493 e. The monoisotopic (exact) mass is 336 g/mol. The van der Waals surface area contributed by atoms with E-state index >= 15 is 0 Å². The second-order valence-electron chi connectivity index (χ2n) is 6.09. The van der Waals surface area contributed by atoms with Crippen molar-refractivity contribution in [2.45, 2.75) is 13.0 Å². The Kier molecular flexibility index (Phi) is 6.28. The first kappa shape index (κ1) is 18.4. The van der Waals surface area contributed by atoms with E-state index in [0.29, 0.717) is 22.7 Å². The van der Waals surface area contributed by atoms with Gasteiger partial charge in [-0.05, 0) is 25.7 Å². The zero-order chi connectivity index (χ0) is 17.7. The van der Waals surface area contributed by atoms with Crippen LogP contribution in [-0.4, -0.2) is 75.7 Å². The Morgan fingerprint density at radius 3 is 2.67 bits per heavy atom. The lowest BCUT2D eigenvalue weighted by Crippen LogP contribution is -2.46. The lowest BCUT2D eigenvalue weighted by molar-refractivity contribution is 0.0922. The minimum atomic E-state index is -0.236. The number of rotatable bonds is 5. The second kappa shape index (κ2) is 8.21. The zero-order valence-corrected chi connectivity index (χ0v) is 15.0. The molecule has 0 bridgehead atoms. The van der Waals surface area contributed by atoms with E-state index in [9.17, 15) is 4.79 Å². The Hall–Kier alpha value is -1.99. The van der Waals surface area contributed by atoms with Gasteiger partial charge in [0, 0.05) is 31.9 Å². The molecular weight excluding hydrogens is 308 g/mol. The summed E-state index contributed by atoms with van der Waals surface area (Å²) >= 11 is 0. The van der Waals surface area contributed by atoms with E-state index in [0.717, 1.165) is 32.7 Å². The fourth-order valence-electron chi connectivity index (χ4n) is 3.05. The first-order valence-corrected chi connectivity index (χ1v) is 8.22. The van der Waals surface area contributed by atoms with Gasteiger partial charge in [0.1, 0.15) is 5.56 Å². The van der Waals surface area contributed by atoms with Crippen LogP contribution < -0.4 is 20.5 Å². The van der Waals surface area contributed by atoms with E-state index in [-0.39, 0.29) is 11.9 Å². The molecule has 1 atom stereocenters. The van der Waals surface area contributed by atoms with Crippen molar-refractivity contribution in [3.8, 4) is 11.5 Å². The van der Waals surface area contributed by atoms with Crippen molar-refractivity contribution in [2.75, 3.05) is 59.7 Å². The van der Waals surface area contributed by atoms with Gasteiger partial charge in [0.2, 0.25) is 0 Å². The lowest BCUT2D eigenvalue weighted by Gasteiger charge is -2.24. The number of carbonyl (C=O) groups excluding carboxylic acids is 1. The summed E-state index contributed by atoms with van der Waals surface area (Å²) in [7, 11) is 5.11. The lowest BCUT2D eigenvalue weighted by atomic mass is 10.1. The van der Waals surface area contributed by atoms with Crippen molar-refractivity contribution in [3.05, 3.63) is 17.7 Å². The maximum Gasteiger partial charge on any atom is 0.257 e. The Bertz CT molecular complexity index is 579. The van der Waals surface area contributed by atoms with Gasteiger partial charge >= 0.3 is 0 Å². The van der Waals surface area contributed by atoms with Gasteiger partial charge in [-0.25, -0.2) is 0 Å². The Balaban J connectivity index is 2.22. The number of nitrogens with one attached hydrogen (secondary N) is 1. The Morgan fingerprint density at radius 2 is 2.04 bits per heavy atom. The molecule has 0 aliphatic carbocycles. The molecule has 1 fully saturated rings. The molecule has 0 aromatic heterocycles. The summed E-state index contributed by atoms with van der Waals surface area (Å²) in [6.45, 7) is 6.71. The predicted octanol–water partition coefficient (Wildman–Crippen LogP) is 0.652. The molecular formula is C17H28N4O3. The number of likely N-dealkylation sites (N-methyl/N-ethyl adjacent to an activating group) is 2. The number of nitrogens with two attached hydrogens (primary N) is 1. The number of anilines is 1. The molecule has 134 valence electrons. The molecule has 7 heteroatoms. The molecule has 1 aliphatic rings. The highest BCUT2D eigenvalue weighted by molar-refractivity contribution is 6.03. The van der Waals surface area contributed by atoms with Crippen LogP contribution in [0, 0.1) is 0 Å². The number of carbonyl (C=O) groups is 1. The smallest absolute Gasteiger partial charge is 0.257 e. The van der Waals surface area contributed by atoms with Crippen molar-refractivity contribution >= 4 is 11.6 Å². The molecule has 1 heterocycles. The van der Waals surface area contributed by atoms with Gasteiger partial charge < -0.3 is 30.3 Å². The number of hydrogen-bond acceptors (Lipinski definition) is 6. The molecule has 2 rings (SSSR count). The topological polar surface area (TPSA) is 80.1 Å². The quantitative estimate of drug-likeness (QED) is 0.769. The molecule has 1 aromatic carbocycles. The highest BCUT2D eigenvalue weighted by atomic mass is 16.5. The number of amides is 1. The minimum absolute atomic E-state index is 0.0280. The van der Waals surface area contributed by atoms with Crippen LogP contribution in [-0.2, 0) is 0 Å². The third kappa shape index (κ3) is 4.10. The van der Waals surface area contributed by atoms with Gasteiger partial charge in [-0.3, -0.25) is 4.79 Å². The molecule has 24 heavy (non-hydrogen) atoms. The van der Waals surface area contributed by atoms with Gasteiger partial charge in [-0.1, -0.05) is 6.92 Å². The van der Waals surface area contributed by atoms with Crippen LogP contribution in [0.4, 0.5) is 5.69 Å². The van der Waals surface area contributed by atoms with Gasteiger partial charge in [-0.15, -0.1) is 0 Å². The fraction of sp³-hybridized carbons (Fsp3) is 0.588. The summed E-state index contributed by atoms with van der Waals surface area (Å²) in [4.78, 5) is 17.4. The molecule has 1 unspecified atom stereocenters. The minimum Gasteiger partial charge on any atom is -0.493 e. The number of methoxy groups -OCH3 is 2. The molecule has 1 amide bonds. The van der Waals surface area contributed by atoms with Crippen molar-refractivity contribution in [1.29, 1.82) is 0 Å². The Morgan fingerprint density at radius 1 is 1.29 bits per heavy atom. The molecule has 1 saturated heterocycles. The van der Waals surface area contributed by atoms with Crippen LogP contribution in [0.5, 0.6) is 11.5 Å². The summed E-state index contributed by atoms with van der Waals surface area (Å²) in [6, 6.07) is 3.39. The summed E-state index contributed by atoms with van der Waals surface area (Å²) in [5, 5.41) is 3.10. The molecule has 1 aromatic rings. The zero-order valence-electron chi connectivity index (χ0n) is 15.0. The highest BCUT2D eigenvalue weighted by Crippen LogP contribution is 2.34. The number of nitrogen functional groups attached to an aromatic ring is 1. The number of benzene rings is 1. The Labute approximate surface area is 143 Å². The normalized spacial score (nSPS) is 19.6. The van der Waals surface area contributed by atoms with Gasteiger partial charge in [-0.2, -0.15) is 0 Å². The van der Waals surface area contributed by atoms with Crippen molar-refractivity contribution in [3.63, 3.8) is 0 Å². The standard InChI is InChI=1S/C17H28N4O3/c1-5-21-9-8-20(2)10-12(11-21)19-17(22)15-13(18)6-7-14(23-3)16(15)24-4/h6-7,12H,5,8-11,18H2,1-4H3,(H,19,22). The third-order valence-electron chi connectivity index (χ3n) is 4.40. The average molecular weight is 336 g/mol. The first-order valence-electron chi connectivity index (χ1n) is 8.22. The van der Waals surface area contributed by atoms with E-state index in [4.69, 9.17) is 15.2 Å². The number of nitrogens with zero attached hydrogens (tertiary/aromatic N) is 2. The van der Waals surface area contributed by atoms with E-state index in [1.807, 2.05) is 0 Å². The SMILES string of the molecule is CCN1CCN(C)CC(NC(=O)c2c(N)ccc(OC)c2OC)C1. The maximum atomic E-state index is 12.8.